The number of nitrogens with two attached hydrogens (primary N) is 1. The molecule has 1 aromatic rings. The van der Waals surface area contributed by atoms with Crippen LogP contribution in [0.3, 0.4) is 0 Å². The molecule has 1 fully saturated rings. The Kier molecular flexibility index (Phi) is 6.52. The van der Waals surface area contributed by atoms with Crippen LogP contribution in [0, 0.1) is 0 Å². The first-order valence-electron chi connectivity index (χ1n) is 8.26. The van der Waals surface area contributed by atoms with E-state index in [1.54, 1.807) is 0 Å². The Labute approximate surface area is 133 Å². The lowest BCUT2D eigenvalue weighted by Gasteiger charge is -2.23. The van der Waals surface area contributed by atoms with E-state index in [1.165, 1.54) is 19.3 Å². The predicted octanol–water partition coefficient (Wildman–Crippen LogP) is 3.34. The molecule has 0 aliphatic carbocycles. The molecular weight excluding hydrogens is 286 g/mol. The van der Waals surface area contributed by atoms with Crippen molar-refractivity contribution in [1.82, 2.24) is 9.78 Å². The highest BCUT2D eigenvalue weighted by molar-refractivity contribution is 6.31. The van der Waals surface area contributed by atoms with Gasteiger partial charge in [0.15, 0.2) is 0 Å². The molecule has 5 heteroatoms. The third-order valence-corrected chi connectivity index (χ3v) is 4.72. The summed E-state index contributed by atoms with van der Waals surface area (Å²) < 4.78 is 7.77. The first-order chi connectivity index (χ1) is 10.2. The summed E-state index contributed by atoms with van der Waals surface area (Å²) in [7, 11) is 0. The molecule has 1 saturated heterocycles. The number of aryl methyl sites for hydroxylation is 2. The number of nitrogens with zero attached hydrogens (tertiary/aromatic N) is 2. The van der Waals surface area contributed by atoms with Gasteiger partial charge >= 0.3 is 0 Å². The fourth-order valence-electron chi connectivity index (χ4n) is 3.00. The van der Waals surface area contributed by atoms with E-state index in [9.17, 15) is 0 Å². The van der Waals surface area contributed by atoms with Gasteiger partial charge in [0.1, 0.15) is 0 Å². The van der Waals surface area contributed by atoms with Gasteiger partial charge in [-0.25, -0.2) is 0 Å². The molecule has 21 heavy (non-hydrogen) atoms. The number of hydrogen-bond acceptors (Lipinski definition) is 3. The van der Waals surface area contributed by atoms with Crippen molar-refractivity contribution in [3.05, 3.63) is 16.4 Å². The summed E-state index contributed by atoms with van der Waals surface area (Å²) in [5.74, 6) is 0. The van der Waals surface area contributed by atoms with E-state index in [2.05, 4.69) is 18.9 Å². The quantitative estimate of drug-likeness (QED) is 0.840. The van der Waals surface area contributed by atoms with Gasteiger partial charge in [-0.05, 0) is 45.4 Å². The zero-order valence-electron chi connectivity index (χ0n) is 13.3. The van der Waals surface area contributed by atoms with E-state index in [1.807, 2.05) is 4.68 Å². The molecule has 1 aliphatic rings. The summed E-state index contributed by atoms with van der Waals surface area (Å²) in [5.41, 5.74) is 8.38. The molecular formula is C16H28ClN3O. The molecule has 2 heterocycles. The Balaban J connectivity index is 1.89. The topological polar surface area (TPSA) is 53.1 Å². The lowest BCUT2D eigenvalue weighted by atomic mass is 9.99. The molecule has 2 unspecified atom stereocenters. The smallest absolute Gasteiger partial charge is 0.0850 e. The van der Waals surface area contributed by atoms with Gasteiger partial charge in [0.05, 0.1) is 22.5 Å². The van der Waals surface area contributed by atoms with Crippen LogP contribution < -0.4 is 5.73 Å². The largest absolute Gasteiger partial charge is 0.378 e. The van der Waals surface area contributed by atoms with Gasteiger partial charge in [-0.2, -0.15) is 5.10 Å². The molecule has 2 atom stereocenters. The van der Waals surface area contributed by atoms with Crippen molar-refractivity contribution in [2.75, 3.05) is 6.61 Å². The third-order valence-electron chi connectivity index (χ3n) is 4.28. The second-order valence-corrected chi connectivity index (χ2v) is 6.28. The van der Waals surface area contributed by atoms with Gasteiger partial charge in [0, 0.05) is 25.6 Å². The molecule has 0 saturated carbocycles. The lowest BCUT2D eigenvalue weighted by molar-refractivity contribution is 0.00913. The Morgan fingerprint density at radius 3 is 2.86 bits per heavy atom. The number of hydrogen-bond donors (Lipinski definition) is 1. The molecule has 1 aromatic heterocycles. The molecule has 0 amide bonds. The summed E-state index contributed by atoms with van der Waals surface area (Å²) >= 11 is 6.44. The molecule has 0 radical (unpaired) electrons. The van der Waals surface area contributed by atoms with E-state index in [0.29, 0.717) is 6.10 Å². The van der Waals surface area contributed by atoms with Gasteiger partial charge < -0.3 is 10.5 Å². The summed E-state index contributed by atoms with van der Waals surface area (Å²) in [6, 6.07) is 0.125. The Morgan fingerprint density at radius 2 is 2.24 bits per heavy atom. The highest BCUT2D eigenvalue weighted by Gasteiger charge is 2.19. The van der Waals surface area contributed by atoms with Gasteiger partial charge in [0.25, 0.3) is 0 Å². The Morgan fingerprint density at radius 1 is 1.43 bits per heavy atom. The van der Waals surface area contributed by atoms with Crippen molar-refractivity contribution in [1.29, 1.82) is 0 Å². The Hall–Kier alpha value is -0.580. The van der Waals surface area contributed by atoms with Crippen molar-refractivity contribution in [3.63, 3.8) is 0 Å². The average Bonchev–Trinajstić information content (AvgIpc) is 2.82. The first kappa shape index (κ1) is 16.8. The fraction of sp³-hybridized carbons (Fsp3) is 0.812. The van der Waals surface area contributed by atoms with E-state index in [-0.39, 0.29) is 6.04 Å². The van der Waals surface area contributed by atoms with Gasteiger partial charge in [-0.1, -0.05) is 18.5 Å². The van der Waals surface area contributed by atoms with Crippen LogP contribution in [-0.4, -0.2) is 28.5 Å². The minimum atomic E-state index is 0.125. The van der Waals surface area contributed by atoms with E-state index in [0.717, 1.165) is 55.2 Å². The normalized spacial score (nSPS) is 20.7. The summed E-state index contributed by atoms with van der Waals surface area (Å²) in [6.07, 6.45) is 7.78. The minimum absolute atomic E-state index is 0.125. The van der Waals surface area contributed by atoms with Crippen molar-refractivity contribution in [2.45, 2.75) is 77.5 Å². The van der Waals surface area contributed by atoms with E-state index >= 15 is 0 Å². The maximum absolute atomic E-state index is 6.44. The molecule has 2 N–H and O–H groups in total. The molecule has 0 spiro atoms. The second-order valence-electron chi connectivity index (χ2n) is 5.91. The van der Waals surface area contributed by atoms with Crippen LogP contribution in [0.2, 0.25) is 5.02 Å². The molecule has 0 bridgehead atoms. The molecule has 120 valence electrons. The minimum Gasteiger partial charge on any atom is -0.378 e. The van der Waals surface area contributed by atoms with Gasteiger partial charge in [0.2, 0.25) is 0 Å². The SMILES string of the molecule is CCc1nn(CC)c(CC(N)CCC2CCCCO2)c1Cl. The van der Waals surface area contributed by atoms with Crippen LogP contribution in [0.4, 0.5) is 0 Å². The first-order valence-corrected chi connectivity index (χ1v) is 8.64. The predicted molar refractivity (Wildman–Crippen MR) is 86.8 cm³/mol. The van der Waals surface area contributed by atoms with Crippen LogP contribution in [0.5, 0.6) is 0 Å². The number of ether oxygens (including phenoxy) is 1. The van der Waals surface area contributed by atoms with Gasteiger partial charge in [-0.3, -0.25) is 4.68 Å². The highest BCUT2D eigenvalue weighted by Crippen LogP contribution is 2.24. The summed E-state index contributed by atoms with van der Waals surface area (Å²) in [6.45, 7) is 5.92. The van der Waals surface area contributed by atoms with Crippen molar-refractivity contribution in [3.8, 4) is 0 Å². The molecule has 1 aliphatic heterocycles. The lowest BCUT2D eigenvalue weighted by Crippen LogP contribution is -2.28. The van der Waals surface area contributed by atoms with E-state index in [4.69, 9.17) is 22.1 Å². The Bertz CT molecular complexity index is 441. The summed E-state index contributed by atoms with van der Waals surface area (Å²) in [4.78, 5) is 0. The zero-order chi connectivity index (χ0) is 15.2. The number of aromatic nitrogens is 2. The summed E-state index contributed by atoms with van der Waals surface area (Å²) in [5, 5.41) is 5.36. The maximum atomic E-state index is 6.44. The monoisotopic (exact) mass is 313 g/mol. The van der Waals surface area contributed by atoms with Crippen molar-refractivity contribution >= 4 is 11.6 Å². The van der Waals surface area contributed by atoms with Crippen LogP contribution in [0.25, 0.3) is 0 Å². The van der Waals surface area contributed by atoms with Gasteiger partial charge in [-0.15, -0.1) is 0 Å². The van der Waals surface area contributed by atoms with Crippen LogP contribution >= 0.6 is 11.6 Å². The number of halogens is 1. The van der Waals surface area contributed by atoms with Crippen LogP contribution in [0.15, 0.2) is 0 Å². The highest BCUT2D eigenvalue weighted by atomic mass is 35.5. The van der Waals surface area contributed by atoms with E-state index < -0.39 is 0 Å². The average molecular weight is 314 g/mol. The van der Waals surface area contributed by atoms with Crippen LogP contribution in [0.1, 0.15) is 57.3 Å². The molecule has 4 nitrogen and oxygen atoms in total. The molecule has 0 aromatic carbocycles. The molecule has 2 rings (SSSR count). The maximum Gasteiger partial charge on any atom is 0.0850 e. The van der Waals surface area contributed by atoms with Crippen molar-refractivity contribution in [2.24, 2.45) is 5.73 Å². The number of rotatable bonds is 7. The standard InChI is InChI=1S/C16H28ClN3O/c1-3-14-16(17)15(20(4-2)19-14)11-12(18)8-9-13-7-5-6-10-21-13/h12-13H,3-11,18H2,1-2H3. The fourth-order valence-corrected chi connectivity index (χ4v) is 3.34. The van der Waals surface area contributed by atoms with Crippen molar-refractivity contribution < 1.29 is 4.74 Å². The second kappa shape index (κ2) is 8.16. The third kappa shape index (κ3) is 4.44. The van der Waals surface area contributed by atoms with Crippen LogP contribution in [-0.2, 0) is 24.1 Å². The zero-order valence-corrected chi connectivity index (χ0v) is 14.0.